The van der Waals surface area contributed by atoms with Gasteiger partial charge in [-0.05, 0) is 49.3 Å². The Bertz CT molecular complexity index is 709. The van der Waals surface area contributed by atoms with E-state index in [-0.39, 0.29) is 0 Å². The number of nitrogens with zero attached hydrogens (tertiary/aromatic N) is 3. The molecule has 0 amide bonds. The third-order valence-electron chi connectivity index (χ3n) is 3.39. The zero-order valence-electron chi connectivity index (χ0n) is 14.2. The summed E-state index contributed by atoms with van der Waals surface area (Å²) in [5, 5.41) is 10.7. The highest BCUT2D eigenvalue weighted by atomic mass is 32.1. The zero-order valence-corrected chi connectivity index (χ0v) is 15.0. The fourth-order valence-corrected chi connectivity index (χ4v) is 2.30. The first-order valence-electron chi connectivity index (χ1n) is 8.30. The van der Waals surface area contributed by atoms with Crippen molar-refractivity contribution in [1.82, 2.24) is 14.9 Å². The van der Waals surface area contributed by atoms with Crippen molar-refractivity contribution >= 4 is 18.4 Å². The Balaban J connectivity index is 2.04. The smallest absolute Gasteiger partial charge is 0.216 e. The summed E-state index contributed by atoms with van der Waals surface area (Å²) in [6, 6.07) is 5.77. The van der Waals surface area contributed by atoms with Gasteiger partial charge in [0.25, 0.3) is 0 Å². The fraction of sp³-hybridized carbons (Fsp3) is 0.471. The van der Waals surface area contributed by atoms with Gasteiger partial charge in [-0.1, -0.05) is 26.2 Å². The maximum atomic E-state index is 5.85. The van der Waals surface area contributed by atoms with Crippen molar-refractivity contribution in [3.63, 3.8) is 0 Å². The predicted octanol–water partition coefficient (Wildman–Crippen LogP) is 4.18. The van der Waals surface area contributed by atoms with Gasteiger partial charge >= 0.3 is 0 Å². The van der Waals surface area contributed by atoms with Crippen molar-refractivity contribution in [2.45, 2.75) is 39.5 Å². The summed E-state index contributed by atoms with van der Waals surface area (Å²) in [7, 11) is 0. The molecule has 0 atom stereocenters. The summed E-state index contributed by atoms with van der Waals surface area (Å²) in [5.74, 6) is 1.50. The van der Waals surface area contributed by atoms with E-state index in [1.807, 2.05) is 25.1 Å². The number of aromatic amines is 1. The van der Waals surface area contributed by atoms with Gasteiger partial charge in [0, 0.05) is 0 Å². The summed E-state index contributed by atoms with van der Waals surface area (Å²) in [6.45, 7) is 5.44. The molecule has 24 heavy (non-hydrogen) atoms. The normalized spacial score (nSPS) is 11.1. The Morgan fingerprint density at radius 1 is 1.21 bits per heavy atom. The Morgan fingerprint density at radius 3 is 2.79 bits per heavy atom. The monoisotopic (exact) mass is 348 g/mol. The van der Waals surface area contributed by atoms with Crippen molar-refractivity contribution in [2.75, 3.05) is 13.2 Å². The van der Waals surface area contributed by atoms with Crippen LogP contribution in [0.5, 0.6) is 11.5 Å². The van der Waals surface area contributed by atoms with Crippen LogP contribution in [0.15, 0.2) is 29.6 Å². The molecule has 0 fully saturated rings. The lowest BCUT2D eigenvalue weighted by Gasteiger charge is -2.12. The third kappa shape index (κ3) is 5.49. The first-order valence-corrected chi connectivity index (χ1v) is 8.71. The predicted molar refractivity (Wildman–Crippen MR) is 97.7 cm³/mol. The van der Waals surface area contributed by atoms with Gasteiger partial charge in [-0.25, -0.2) is 0 Å². The second kappa shape index (κ2) is 9.87. The van der Waals surface area contributed by atoms with Crippen LogP contribution in [0.3, 0.4) is 0 Å². The van der Waals surface area contributed by atoms with Crippen LogP contribution in [0, 0.1) is 4.77 Å². The lowest BCUT2D eigenvalue weighted by atomic mass is 10.2. The molecule has 0 spiro atoms. The second-order valence-corrected chi connectivity index (χ2v) is 5.69. The first kappa shape index (κ1) is 18.2. The molecule has 1 heterocycles. The Morgan fingerprint density at radius 2 is 2.08 bits per heavy atom. The molecular formula is C17H24N4O2S. The maximum Gasteiger partial charge on any atom is 0.216 e. The van der Waals surface area contributed by atoms with Crippen LogP contribution in [-0.2, 0) is 0 Å². The molecule has 2 rings (SSSR count). The summed E-state index contributed by atoms with van der Waals surface area (Å²) < 4.78 is 13.5. The average Bonchev–Trinajstić information content (AvgIpc) is 2.99. The van der Waals surface area contributed by atoms with E-state index >= 15 is 0 Å². The first-order chi connectivity index (χ1) is 11.7. The molecule has 0 aliphatic heterocycles. The molecular weight excluding hydrogens is 324 g/mol. The summed E-state index contributed by atoms with van der Waals surface area (Å²) in [4.78, 5) is 0. The van der Waals surface area contributed by atoms with Crippen molar-refractivity contribution < 1.29 is 9.47 Å². The molecule has 6 nitrogen and oxygen atoms in total. The summed E-state index contributed by atoms with van der Waals surface area (Å²) >= 11 is 5.05. The topological polar surface area (TPSA) is 64.4 Å². The lowest BCUT2D eigenvalue weighted by Crippen LogP contribution is -2.02. The van der Waals surface area contributed by atoms with Crippen LogP contribution < -0.4 is 9.47 Å². The van der Waals surface area contributed by atoms with Gasteiger partial charge in [-0.3, -0.25) is 5.10 Å². The number of H-pyrrole nitrogens is 1. The molecule has 0 aliphatic carbocycles. The van der Waals surface area contributed by atoms with Crippen molar-refractivity contribution in [3.05, 3.63) is 34.9 Å². The number of nitrogens with one attached hydrogen (secondary N) is 1. The van der Waals surface area contributed by atoms with Gasteiger partial charge in [0.15, 0.2) is 11.5 Å². The number of benzene rings is 1. The molecule has 0 saturated carbocycles. The number of aromatic nitrogens is 3. The maximum absolute atomic E-state index is 5.85. The Kier molecular flexibility index (Phi) is 7.48. The highest BCUT2D eigenvalue weighted by Crippen LogP contribution is 2.28. The average molecular weight is 348 g/mol. The van der Waals surface area contributed by atoms with E-state index in [4.69, 9.17) is 21.7 Å². The molecule has 0 aliphatic rings. The van der Waals surface area contributed by atoms with Crippen molar-refractivity contribution in [1.29, 1.82) is 0 Å². The number of hydrogen-bond donors (Lipinski definition) is 1. The molecule has 0 saturated heterocycles. The quantitative estimate of drug-likeness (QED) is 0.397. The molecule has 0 bridgehead atoms. The molecule has 7 heteroatoms. The molecule has 1 aromatic heterocycles. The standard InChI is InChI=1S/C17H24N4O2S/c1-3-5-6-7-10-23-15-9-8-14(11-16(15)22-4-2)12-19-21-13-18-20-17(21)24/h8-9,11-13H,3-7,10H2,1-2H3,(H,20,24)/b19-12+. The molecule has 0 unspecified atom stereocenters. The van der Waals surface area contributed by atoms with Crippen LogP contribution in [0.1, 0.15) is 45.1 Å². The van der Waals surface area contributed by atoms with Gasteiger partial charge in [0.2, 0.25) is 4.77 Å². The van der Waals surface area contributed by atoms with Gasteiger partial charge < -0.3 is 9.47 Å². The SMILES string of the molecule is CCCCCCOc1ccc(/C=N/n2cn[nH]c2=S)cc1OCC. The van der Waals surface area contributed by atoms with Crippen LogP contribution in [-0.4, -0.2) is 34.3 Å². The van der Waals surface area contributed by atoms with Crippen LogP contribution >= 0.6 is 12.2 Å². The molecule has 2 aromatic rings. The van der Waals surface area contributed by atoms with E-state index in [1.165, 1.54) is 30.3 Å². The van der Waals surface area contributed by atoms with Crippen molar-refractivity contribution in [2.24, 2.45) is 5.10 Å². The van der Waals surface area contributed by atoms with Gasteiger partial charge in [0.1, 0.15) is 6.33 Å². The Hall–Kier alpha value is -2.15. The largest absolute Gasteiger partial charge is 0.490 e. The minimum absolute atomic E-state index is 0.448. The lowest BCUT2D eigenvalue weighted by molar-refractivity contribution is 0.270. The van der Waals surface area contributed by atoms with E-state index in [2.05, 4.69) is 22.2 Å². The molecule has 1 N–H and O–H groups in total. The van der Waals surface area contributed by atoms with Gasteiger partial charge in [-0.15, -0.1) is 0 Å². The Labute approximate surface area is 147 Å². The molecule has 1 aromatic carbocycles. The van der Waals surface area contributed by atoms with E-state index in [9.17, 15) is 0 Å². The van der Waals surface area contributed by atoms with Crippen LogP contribution in [0.2, 0.25) is 0 Å². The van der Waals surface area contributed by atoms with E-state index in [0.29, 0.717) is 18.0 Å². The molecule has 0 radical (unpaired) electrons. The van der Waals surface area contributed by atoms with Gasteiger partial charge in [-0.2, -0.15) is 14.9 Å². The van der Waals surface area contributed by atoms with E-state index in [1.54, 1.807) is 6.21 Å². The number of ether oxygens (including phenoxy) is 2. The minimum atomic E-state index is 0.448. The zero-order chi connectivity index (χ0) is 17.2. The number of rotatable bonds is 10. The number of hydrogen-bond acceptors (Lipinski definition) is 5. The molecule has 130 valence electrons. The fourth-order valence-electron chi connectivity index (χ4n) is 2.16. The highest BCUT2D eigenvalue weighted by Gasteiger charge is 2.06. The second-order valence-electron chi connectivity index (χ2n) is 5.30. The van der Waals surface area contributed by atoms with Crippen molar-refractivity contribution in [3.8, 4) is 11.5 Å². The van der Waals surface area contributed by atoms with E-state index in [0.717, 1.165) is 23.5 Å². The van der Waals surface area contributed by atoms with Crippen LogP contribution in [0.4, 0.5) is 0 Å². The van der Waals surface area contributed by atoms with Crippen LogP contribution in [0.25, 0.3) is 0 Å². The van der Waals surface area contributed by atoms with E-state index < -0.39 is 0 Å². The summed E-state index contributed by atoms with van der Waals surface area (Å²) in [6.07, 6.45) is 7.94. The minimum Gasteiger partial charge on any atom is -0.490 e. The third-order valence-corrected chi connectivity index (χ3v) is 3.67. The van der Waals surface area contributed by atoms with Gasteiger partial charge in [0.05, 0.1) is 19.4 Å². The number of unbranched alkanes of at least 4 members (excludes halogenated alkanes) is 3. The summed E-state index contributed by atoms with van der Waals surface area (Å²) in [5.41, 5.74) is 0.903. The highest BCUT2D eigenvalue weighted by molar-refractivity contribution is 7.71.